The number of aromatic nitrogens is 2. The van der Waals surface area contributed by atoms with Gasteiger partial charge in [-0.2, -0.15) is 0 Å². The van der Waals surface area contributed by atoms with Crippen molar-refractivity contribution in [3.8, 4) is 0 Å². The minimum atomic E-state index is -0.650. The summed E-state index contributed by atoms with van der Waals surface area (Å²) in [5, 5.41) is 0. The van der Waals surface area contributed by atoms with Crippen LogP contribution in [-0.4, -0.2) is 42.3 Å². The second-order valence-corrected chi connectivity index (χ2v) is 3.40. The van der Waals surface area contributed by atoms with Gasteiger partial charge in [-0.05, 0) is 0 Å². The van der Waals surface area contributed by atoms with Gasteiger partial charge in [-0.25, -0.2) is 4.98 Å². The van der Waals surface area contributed by atoms with E-state index < -0.39 is 12.0 Å². The Morgan fingerprint density at radius 3 is 3.06 bits per heavy atom. The quantitative estimate of drug-likeness (QED) is 0.500. The molecule has 0 saturated carbocycles. The molecule has 1 aromatic heterocycles. The van der Waals surface area contributed by atoms with Crippen LogP contribution in [0.5, 0.6) is 0 Å². The minimum absolute atomic E-state index is 0.337. The summed E-state index contributed by atoms with van der Waals surface area (Å²) in [6.45, 7) is 0.909. The molecule has 1 aromatic rings. The number of H-pyrrole nitrogens is 1. The molecule has 6 heteroatoms. The van der Waals surface area contributed by atoms with Crippen LogP contribution in [0.4, 0.5) is 0 Å². The molecule has 0 aliphatic rings. The predicted molar refractivity (Wildman–Crippen MR) is 57.7 cm³/mol. The van der Waals surface area contributed by atoms with E-state index in [2.05, 4.69) is 9.97 Å². The standard InChI is InChI=1S/C10H17N3O3/c1-15-3-2-4-16-10(14)9(11)5-8-6-12-7-13-8/h6-7,9H,2-5,11H2,1H3,(H,12,13)/t9-/m0/s1. The summed E-state index contributed by atoms with van der Waals surface area (Å²) in [6.07, 6.45) is 4.27. The Morgan fingerprint density at radius 2 is 2.44 bits per heavy atom. The first-order valence-corrected chi connectivity index (χ1v) is 5.12. The van der Waals surface area contributed by atoms with E-state index in [1.54, 1.807) is 19.6 Å². The Morgan fingerprint density at radius 1 is 1.62 bits per heavy atom. The highest BCUT2D eigenvalue weighted by Gasteiger charge is 2.15. The summed E-state index contributed by atoms with van der Waals surface area (Å²) < 4.78 is 9.81. The Hall–Kier alpha value is -1.40. The van der Waals surface area contributed by atoms with Gasteiger partial charge >= 0.3 is 5.97 Å². The zero-order chi connectivity index (χ0) is 11.8. The van der Waals surface area contributed by atoms with Crippen molar-refractivity contribution in [2.75, 3.05) is 20.3 Å². The molecule has 0 unspecified atom stereocenters. The van der Waals surface area contributed by atoms with E-state index in [9.17, 15) is 4.79 Å². The van der Waals surface area contributed by atoms with Crippen LogP contribution in [0.3, 0.4) is 0 Å². The van der Waals surface area contributed by atoms with Gasteiger partial charge in [-0.3, -0.25) is 4.79 Å². The van der Waals surface area contributed by atoms with Crippen LogP contribution in [0.2, 0.25) is 0 Å². The number of aromatic amines is 1. The van der Waals surface area contributed by atoms with Gasteiger partial charge in [0.05, 0.1) is 12.9 Å². The van der Waals surface area contributed by atoms with Crippen molar-refractivity contribution in [3.63, 3.8) is 0 Å². The number of hydrogen-bond acceptors (Lipinski definition) is 5. The van der Waals surface area contributed by atoms with Crippen LogP contribution in [-0.2, 0) is 20.7 Å². The van der Waals surface area contributed by atoms with Gasteiger partial charge in [0.15, 0.2) is 0 Å². The molecule has 16 heavy (non-hydrogen) atoms. The fourth-order valence-corrected chi connectivity index (χ4v) is 1.20. The third-order valence-corrected chi connectivity index (χ3v) is 2.03. The highest BCUT2D eigenvalue weighted by atomic mass is 16.5. The van der Waals surface area contributed by atoms with E-state index in [4.69, 9.17) is 15.2 Å². The maximum Gasteiger partial charge on any atom is 0.323 e. The fraction of sp³-hybridized carbons (Fsp3) is 0.600. The number of nitrogens with zero attached hydrogens (tertiary/aromatic N) is 1. The summed E-state index contributed by atoms with van der Waals surface area (Å²) >= 11 is 0. The number of methoxy groups -OCH3 is 1. The van der Waals surface area contributed by atoms with Crippen molar-refractivity contribution in [1.29, 1.82) is 0 Å². The number of hydrogen-bond donors (Lipinski definition) is 2. The van der Waals surface area contributed by atoms with Crippen molar-refractivity contribution >= 4 is 5.97 Å². The normalized spacial score (nSPS) is 12.4. The van der Waals surface area contributed by atoms with E-state index >= 15 is 0 Å². The maximum atomic E-state index is 11.4. The van der Waals surface area contributed by atoms with Gasteiger partial charge in [0.1, 0.15) is 6.04 Å². The molecule has 0 aliphatic heterocycles. The van der Waals surface area contributed by atoms with Crippen LogP contribution in [0.25, 0.3) is 0 Å². The maximum absolute atomic E-state index is 11.4. The van der Waals surface area contributed by atoms with E-state index in [0.717, 1.165) is 5.69 Å². The second-order valence-electron chi connectivity index (χ2n) is 3.40. The van der Waals surface area contributed by atoms with E-state index in [0.29, 0.717) is 26.1 Å². The Balaban J connectivity index is 2.20. The summed E-state index contributed by atoms with van der Waals surface area (Å²) in [7, 11) is 1.60. The van der Waals surface area contributed by atoms with Crippen LogP contribution in [0, 0.1) is 0 Å². The first kappa shape index (κ1) is 12.7. The lowest BCUT2D eigenvalue weighted by Gasteiger charge is -2.10. The van der Waals surface area contributed by atoms with Crippen molar-refractivity contribution in [3.05, 3.63) is 18.2 Å². The molecule has 1 rings (SSSR count). The first-order valence-electron chi connectivity index (χ1n) is 5.12. The molecule has 0 aliphatic carbocycles. The number of imidazole rings is 1. The van der Waals surface area contributed by atoms with Crippen molar-refractivity contribution < 1.29 is 14.3 Å². The molecule has 0 aromatic carbocycles. The molecule has 1 atom stereocenters. The summed E-state index contributed by atoms with van der Waals surface area (Å²) in [4.78, 5) is 18.1. The Bertz CT molecular complexity index is 300. The highest BCUT2D eigenvalue weighted by molar-refractivity contribution is 5.75. The monoisotopic (exact) mass is 227 g/mol. The highest BCUT2D eigenvalue weighted by Crippen LogP contribution is 1.98. The van der Waals surface area contributed by atoms with Crippen molar-refractivity contribution in [1.82, 2.24) is 9.97 Å². The topological polar surface area (TPSA) is 90.2 Å². The number of esters is 1. The second kappa shape index (κ2) is 6.97. The van der Waals surface area contributed by atoms with Gasteiger partial charge in [0, 0.05) is 38.4 Å². The third kappa shape index (κ3) is 4.41. The van der Waals surface area contributed by atoms with Gasteiger partial charge in [-0.15, -0.1) is 0 Å². The van der Waals surface area contributed by atoms with Crippen molar-refractivity contribution in [2.24, 2.45) is 5.73 Å². The molecule has 90 valence electrons. The molecular formula is C10H17N3O3. The lowest BCUT2D eigenvalue weighted by atomic mass is 10.2. The van der Waals surface area contributed by atoms with Crippen LogP contribution >= 0.6 is 0 Å². The zero-order valence-corrected chi connectivity index (χ0v) is 9.31. The molecule has 0 spiro atoms. The van der Waals surface area contributed by atoms with E-state index in [1.807, 2.05) is 0 Å². The summed E-state index contributed by atoms with van der Waals surface area (Å²) in [5.74, 6) is -0.397. The number of carbonyl (C=O) groups excluding carboxylic acids is 1. The number of nitrogens with one attached hydrogen (secondary N) is 1. The first-order chi connectivity index (χ1) is 7.74. The zero-order valence-electron chi connectivity index (χ0n) is 9.31. The molecule has 0 saturated heterocycles. The fourth-order valence-electron chi connectivity index (χ4n) is 1.20. The molecule has 0 radical (unpaired) electrons. The molecule has 1 heterocycles. The smallest absolute Gasteiger partial charge is 0.323 e. The average Bonchev–Trinajstić information content (AvgIpc) is 2.76. The Kier molecular flexibility index (Phi) is 5.52. The predicted octanol–water partition coefficient (Wildman–Crippen LogP) is -0.141. The van der Waals surface area contributed by atoms with Crippen LogP contribution in [0.15, 0.2) is 12.5 Å². The molecule has 0 amide bonds. The SMILES string of the molecule is COCCCOC(=O)[C@@H](N)Cc1cnc[nH]1. The van der Waals surface area contributed by atoms with E-state index in [1.165, 1.54) is 0 Å². The molecule has 0 bridgehead atoms. The van der Waals surface area contributed by atoms with Gasteiger partial charge in [0.25, 0.3) is 0 Å². The number of nitrogens with two attached hydrogens (primary N) is 1. The van der Waals surface area contributed by atoms with E-state index in [-0.39, 0.29) is 0 Å². The number of carbonyl (C=O) groups is 1. The molecule has 6 nitrogen and oxygen atoms in total. The average molecular weight is 227 g/mol. The lowest BCUT2D eigenvalue weighted by molar-refractivity contribution is -0.145. The summed E-state index contributed by atoms with van der Waals surface area (Å²) in [6, 6.07) is -0.650. The van der Waals surface area contributed by atoms with Gasteiger partial charge in [0.2, 0.25) is 0 Å². The molecule has 0 fully saturated rings. The number of rotatable bonds is 7. The minimum Gasteiger partial charge on any atom is -0.464 e. The number of ether oxygens (including phenoxy) is 2. The van der Waals surface area contributed by atoms with Gasteiger partial charge in [-0.1, -0.05) is 0 Å². The summed E-state index contributed by atoms with van der Waals surface area (Å²) in [5.41, 5.74) is 6.49. The molecular weight excluding hydrogens is 210 g/mol. The molecule has 3 N–H and O–H groups in total. The van der Waals surface area contributed by atoms with Crippen LogP contribution < -0.4 is 5.73 Å². The van der Waals surface area contributed by atoms with Gasteiger partial charge < -0.3 is 20.2 Å². The third-order valence-electron chi connectivity index (χ3n) is 2.03. The largest absolute Gasteiger partial charge is 0.464 e. The Labute approximate surface area is 94.1 Å². The van der Waals surface area contributed by atoms with Crippen molar-refractivity contribution in [2.45, 2.75) is 18.9 Å². The lowest BCUT2D eigenvalue weighted by Crippen LogP contribution is -2.34. The van der Waals surface area contributed by atoms with Crippen LogP contribution in [0.1, 0.15) is 12.1 Å².